The van der Waals surface area contributed by atoms with Gasteiger partial charge in [0, 0.05) is 65.2 Å². The Morgan fingerprint density at radius 1 is 1.18 bits per heavy atom. The molecule has 206 valence electrons. The van der Waals surface area contributed by atoms with Gasteiger partial charge in [0.25, 0.3) is 0 Å². The Morgan fingerprint density at radius 2 is 1.87 bits per heavy atom. The van der Waals surface area contributed by atoms with Gasteiger partial charge < -0.3 is 15.5 Å². The molecule has 11 heteroatoms. The summed E-state index contributed by atoms with van der Waals surface area (Å²) < 4.78 is 30.8. The molecular formula is C28H30ClF2N5O2S. The van der Waals surface area contributed by atoms with Crippen molar-refractivity contribution in [2.75, 3.05) is 23.7 Å². The van der Waals surface area contributed by atoms with Gasteiger partial charge in [0.05, 0.1) is 10.5 Å². The standard InChI is InChI=1S/C28H30ClF2N5O2S/c1-5-23(37)36-15(3)11-34(12-16(36)4)27-19-8-14(2)24(18-9-20(29)22(31)10-21(18)30)26-25(19)35(28(38)33-27)13-17(32)6-7-39-26/h5,8-10,15-17H,1,6-7,11-13,32H2,2-4H3/t15-,16+,17-/m1/s1. The fourth-order valence-corrected chi connectivity index (χ4v) is 7.36. The van der Waals surface area contributed by atoms with E-state index in [2.05, 4.69) is 11.6 Å². The van der Waals surface area contributed by atoms with Gasteiger partial charge in [-0.2, -0.15) is 4.98 Å². The molecule has 0 radical (unpaired) electrons. The van der Waals surface area contributed by atoms with Crippen LogP contribution in [0.4, 0.5) is 14.6 Å². The molecule has 1 fully saturated rings. The largest absolute Gasteiger partial charge is 0.352 e. The van der Waals surface area contributed by atoms with E-state index in [1.54, 1.807) is 9.47 Å². The molecule has 39 heavy (non-hydrogen) atoms. The molecule has 0 bridgehead atoms. The van der Waals surface area contributed by atoms with Crippen LogP contribution in [0, 0.1) is 18.6 Å². The highest BCUT2D eigenvalue weighted by Gasteiger charge is 2.34. The highest BCUT2D eigenvalue weighted by molar-refractivity contribution is 7.99. The third-order valence-electron chi connectivity index (χ3n) is 7.47. The first kappa shape index (κ1) is 27.6. The molecular weight excluding hydrogens is 544 g/mol. The molecule has 3 aromatic rings. The molecule has 1 amide bonds. The lowest BCUT2D eigenvalue weighted by Gasteiger charge is -2.44. The molecule has 2 aliphatic heterocycles. The summed E-state index contributed by atoms with van der Waals surface area (Å²) >= 11 is 7.57. The zero-order valence-electron chi connectivity index (χ0n) is 22.0. The molecule has 3 atom stereocenters. The lowest BCUT2D eigenvalue weighted by Crippen LogP contribution is -2.58. The van der Waals surface area contributed by atoms with Crippen LogP contribution in [-0.4, -0.2) is 57.3 Å². The summed E-state index contributed by atoms with van der Waals surface area (Å²) in [4.78, 5) is 35.1. The number of carbonyl (C=O) groups is 1. The minimum Gasteiger partial charge on any atom is -0.352 e. The van der Waals surface area contributed by atoms with Crippen LogP contribution in [0.5, 0.6) is 0 Å². The molecule has 1 saturated heterocycles. The Hall–Kier alpha value is -2.95. The summed E-state index contributed by atoms with van der Waals surface area (Å²) in [6.45, 7) is 10.6. The van der Waals surface area contributed by atoms with Crippen LogP contribution in [0.2, 0.25) is 5.02 Å². The first-order valence-corrected chi connectivity index (χ1v) is 14.2. The van der Waals surface area contributed by atoms with E-state index in [4.69, 9.17) is 17.3 Å². The SMILES string of the molecule is C=CC(=O)N1[C@H](C)CN(c2nc(=O)n3c4c(c(-c5cc(Cl)c(F)cc5F)c(C)cc24)SCC[C@@H](N)C3)C[C@@H]1C. The number of carbonyl (C=O) groups excluding carboxylic acids is 1. The Morgan fingerprint density at radius 3 is 2.54 bits per heavy atom. The number of thioether (sulfide) groups is 1. The second-order valence-corrected chi connectivity index (χ2v) is 11.8. The van der Waals surface area contributed by atoms with Gasteiger partial charge in [-0.1, -0.05) is 18.2 Å². The first-order chi connectivity index (χ1) is 18.5. The number of amides is 1. The van der Waals surface area contributed by atoms with Crippen molar-refractivity contribution >= 4 is 46.0 Å². The van der Waals surface area contributed by atoms with Crippen molar-refractivity contribution in [2.24, 2.45) is 5.73 Å². The van der Waals surface area contributed by atoms with Crippen molar-refractivity contribution in [3.8, 4) is 11.1 Å². The second-order valence-electron chi connectivity index (χ2n) is 10.3. The number of piperazine rings is 1. The minimum atomic E-state index is -0.835. The van der Waals surface area contributed by atoms with Crippen molar-refractivity contribution in [3.63, 3.8) is 0 Å². The van der Waals surface area contributed by atoms with Crippen molar-refractivity contribution in [2.45, 2.75) is 56.8 Å². The topological polar surface area (TPSA) is 84.5 Å². The molecule has 0 spiro atoms. The summed E-state index contributed by atoms with van der Waals surface area (Å²) in [6.07, 6.45) is 1.96. The van der Waals surface area contributed by atoms with Crippen molar-refractivity contribution < 1.29 is 13.6 Å². The zero-order valence-corrected chi connectivity index (χ0v) is 23.6. The number of nitrogens with zero attached hydrogens (tertiary/aromatic N) is 4. The highest BCUT2D eigenvalue weighted by atomic mass is 35.5. The number of aryl methyl sites for hydroxylation is 1. The minimum absolute atomic E-state index is 0.141. The molecule has 2 N–H and O–H groups in total. The molecule has 5 rings (SSSR count). The average molecular weight is 574 g/mol. The molecule has 2 aliphatic rings. The smallest absolute Gasteiger partial charge is 0.350 e. The second kappa shape index (κ2) is 10.6. The number of rotatable bonds is 3. The number of benzene rings is 2. The molecule has 0 aliphatic carbocycles. The van der Waals surface area contributed by atoms with Crippen LogP contribution >= 0.6 is 23.4 Å². The van der Waals surface area contributed by atoms with E-state index in [0.717, 1.165) is 17.0 Å². The molecule has 2 aromatic carbocycles. The van der Waals surface area contributed by atoms with Gasteiger partial charge in [-0.15, -0.1) is 11.8 Å². The van der Waals surface area contributed by atoms with Crippen LogP contribution < -0.4 is 16.3 Å². The Labute approximate surface area is 234 Å². The van der Waals surface area contributed by atoms with Gasteiger partial charge in [0.1, 0.15) is 17.5 Å². The van der Waals surface area contributed by atoms with Crippen LogP contribution in [0.25, 0.3) is 22.0 Å². The number of anilines is 1. The number of hydrogen-bond donors (Lipinski definition) is 1. The molecule has 1 aromatic heterocycles. The van der Waals surface area contributed by atoms with Crippen molar-refractivity contribution in [3.05, 3.63) is 63.6 Å². The lowest BCUT2D eigenvalue weighted by molar-refractivity contribution is -0.130. The van der Waals surface area contributed by atoms with Gasteiger partial charge in [0.15, 0.2) is 0 Å². The van der Waals surface area contributed by atoms with Crippen LogP contribution in [0.1, 0.15) is 25.8 Å². The predicted octanol–water partition coefficient (Wildman–Crippen LogP) is 4.74. The summed E-state index contributed by atoms with van der Waals surface area (Å²) in [5.41, 5.74) is 7.99. The normalized spacial score (nSPS) is 21.6. The average Bonchev–Trinajstić information content (AvgIpc) is 2.86. The summed E-state index contributed by atoms with van der Waals surface area (Å²) in [7, 11) is 0. The fraction of sp³-hybridized carbons (Fsp3) is 0.393. The summed E-state index contributed by atoms with van der Waals surface area (Å²) in [5, 5.41) is 0.558. The summed E-state index contributed by atoms with van der Waals surface area (Å²) in [6, 6.07) is 3.44. The lowest BCUT2D eigenvalue weighted by atomic mass is 9.96. The van der Waals surface area contributed by atoms with E-state index in [1.807, 2.05) is 31.7 Å². The van der Waals surface area contributed by atoms with Gasteiger partial charge in [-0.25, -0.2) is 13.6 Å². The fourth-order valence-electron chi connectivity index (χ4n) is 5.80. The third kappa shape index (κ3) is 4.83. The van der Waals surface area contributed by atoms with Gasteiger partial charge in [0.2, 0.25) is 5.91 Å². The third-order valence-corrected chi connectivity index (χ3v) is 8.89. The maximum atomic E-state index is 15.2. The first-order valence-electron chi connectivity index (χ1n) is 12.8. The molecule has 0 unspecified atom stereocenters. The van der Waals surface area contributed by atoms with E-state index in [-0.39, 0.29) is 41.2 Å². The van der Waals surface area contributed by atoms with E-state index < -0.39 is 17.3 Å². The van der Waals surface area contributed by atoms with Crippen molar-refractivity contribution in [1.29, 1.82) is 0 Å². The molecule has 0 saturated carbocycles. The zero-order chi connectivity index (χ0) is 28.2. The van der Waals surface area contributed by atoms with Gasteiger partial charge >= 0.3 is 5.69 Å². The molecule has 7 nitrogen and oxygen atoms in total. The number of aromatic nitrogens is 2. The van der Waals surface area contributed by atoms with E-state index in [0.29, 0.717) is 47.1 Å². The van der Waals surface area contributed by atoms with Gasteiger partial charge in [-0.3, -0.25) is 9.36 Å². The Balaban J connectivity index is 1.77. The number of hydrogen-bond acceptors (Lipinski definition) is 6. The van der Waals surface area contributed by atoms with Crippen molar-refractivity contribution in [1.82, 2.24) is 14.5 Å². The van der Waals surface area contributed by atoms with Crippen LogP contribution in [0.3, 0.4) is 0 Å². The predicted molar refractivity (Wildman–Crippen MR) is 153 cm³/mol. The van der Waals surface area contributed by atoms with E-state index >= 15 is 4.39 Å². The maximum absolute atomic E-state index is 15.2. The Kier molecular flexibility index (Phi) is 7.47. The number of nitrogens with two attached hydrogens (primary N) is 1. The quantitative estimate of drug-likeness (QED) is 0.360. The monoisotopic (exact) mass is 573 g/mol. The van der Waals surface area contributed by atoms with E-state index in [9.17, 15) is 14.0 Å². The van der Waals surface area contributed by atoms with Crippen LogP contribution in [-0.2, 0) is 11.3 Å². The molecule has 3 heterocycles. The summed E-state index contributed by atoms with van der Waals surface area (Å²) in [5.74, 6) is -0.537. The number of halogens is 3. The van der Waals surface area contributed by atoms with Gasteiger partial charge in [-0.05, 0) is 56.7 Å². The maximum Gasteiger partial charge on any atom is 0.350 e. The van der Waals surface area contributed by atoms with Crippen LogP contribution in [0.15, 0.2) is 40.5 Å². The Bertz CT molecular complexity index is 1550. The highest BCUT2D eigenvalue weighted by Crippen LogP contribution is 2.44. The van der Waals surface area contributed by atoms with E-state index in [1.165, 1.54) is 23.9 Å².